The van der Waals surface area contributed by atoms with Crippen molar-refractivity contribution in [3.8, 4) is 0 Å². The number of benzene rings is 1. The van der Waals surface area contributed by atoms with Gasteiger partial charge in [-0.15, -0.1) is 0 Å². The number of hydrogen-bond acceptors (Lipinski definition) is 3. The number of carbonyl (C=O) groups excluding carboxylic acids is 1. The lowest BCUT2D eigenvalue weighted by Gasteiger charge is -2.06. The molecule has 0 unspecified atom stereocenters. The largest absolute Gasteiger partial charge is 0.355 e. The monoisotopic (exact) mass is 235 g/mol. The molecule has 82 valence electrons. The van der Waals surface area contributed by atoms with Gasteiger partial charge in [-0.25, -0.2) is 8.42 Å². The molecule has 1 rings (SSSR count). The molecule has 0 fully saturated rings. The maximum atomic E-state index is 12.0. The predicted octanol–water partition coefficient (Wildman–Crippen LogP) is 1.46. The zero-order valence-corrected chi connectivity index (χ0v) is 8.17. The van der Waals surface area contributed by atoms with Crippen LogP contribution in [0.5, 0.6) is 0 Å². The lowest BCUT2D eigenvalue weighted by atomic mass is 10.2. The van der Waals surface area contributed by atoms with Crippen LogP contribution >= 0.6 is 0 Å². The normalized spacial score (nSPS) is 11.4. The van der Waals surface area contributed by atoms with Gasteiger partial charge in [0.15, 0.2) is 0 Å². The van der Waals surface area contributed by atoms with E-state index in [1.54, 1.807) is 4.72 Å². The first-order valence-corrected chi connectivity index (χ1v) is 5.35. The Morgan fingerprint density at radius 3 is 2.53 bits per heavy atom. The number of aldehydes is 1. The lowest BCUT2D eigenvalue weighted by Crippen LogP contribution is -2.20. The van der Waals surface area contributed by atoms with Gasteiger partial charge >= 0.3 is 5.76 Å². The van der Waals surface area contributed by atoms with Gasteiger partial charge in [0.2, 0.25) is 0 Å². The topological polar surface area (TPSA) is 63.2 Å². The molecule has 0 spiro atoms. The van der Waals surface area contributed by atoms with E-state index < -0.39 is 15.8 Å². The van der Waals surface area contributed by atoms with Crippen molar-refractivity contribution in [2.45, 2.75) is 5.76 Å². The summed E-state index contributed by atoms with van der Waals surface area (Å²) in [5, 5.41) is 0. The minimum absolute atomic E-state index is 0.0695. The highest BCUT2D eigenvalue weighted by Crippen LogP contribution is 2.14. The molecule has 1 aromatic carbocycles. The molecular formula is C8H7F2NO3S. The zero-order chi connectivity index (χ0) is 11.5. The van der Waals surface area contributed by atoms with Gasteiger partial charge in [-0.3, -0.25) is 9.52 Å². The molecule has 1 aromatic rings. The second-order valence-corrected chi connectivity index (χ2v) is 4.30. The summed E-state index contributed by atoms with van der Waals surface area (Å²) in [6.45, 7) is 0. The number of nitrogens with one attached hydrogen (secondary N) is 1. The molecule has 0 amide bonds. The fraction of sp³-hybridized carbons (Fsp3) is 0.125. The molecule has 0 atom stereocenters. The first kappa shape index (κ1) is 11.6. The smallest absolute Gasteiger partial charge is 0.298 e. The summed E-state index contributed by atoms with van der Waals surface area (Å²) in [4.78, 5) is 10.3. The molecule has 4 nitrogen and oxygen atoms in total. The third kappa shape index (κ3) is 2.98. The Balaban J connectivity index is 2.95. The molecule has 15 heavy (non-hydrogen) atoms. The van der Waals surface area contributed by atoms with Crippen molar-refractivity contribution >= 4 is 22.0 Å². The average Bonchev–Trinajstić information content (AvgIpc) is 2.17. The Bertz CT molecular complexity index is 459. The Kier molecular flexibility index (Phi) is 3.35. The van der Waals surface area contributed by atoms with E-state index in [2.05, 4.69) is 0 Å². The van der Waals surface area contributed by atoms with Crippen molar-refractivity contribution in [3.05, 3.63) is 29.8 Å². The van der Waals surface area contributed by atoms with Crippen LogP contribution in [0.25, 0.3) is 0 Å². The summed E-state index contributed by atoms with van der Waals surface area (Å²) in [5.74, 6) is -3.50. The zero-order valence-electron chi connectivity index (χ0n) is 7.35. The number of sulfonamides is 1. The maximum absolute atomic E-state index is 12.0. The van der Waals surface area contributed by atoms with Gasteiger partial charge in [0, 0.05) is 11.3 Å². The minimum atomic E-state index is -4.68. The standard InChI is InChI=1S/C8H7F2NO3S/c9-8(10)15(13,14)11-7-3-1-2-6(4-7)5-12/h1-5,8,11H. The maximum Gasteiger partial charge on any atom is 0.355 e. The van der Waals surface area contributed by atoms with Crippen molar-refractivity contribution in [1.29, 1.82) is 0 Å². The van der Waals surface area contributed by atoms with Gasteiger partial charge in [-0.2, -0.15) is 8.78 Å². The SMILES string of the molecule is O=Cc1cccc(NS(=O)(=O)C(F)F)c1. The predicted molar refractivity (Wildman–Crippen MR) is 50.4 cm³/mol. The molecule has 0 radical (unpaired) electrons. The van der Waals surface area contributed by atoms with Crippen LogP contribution in [0, 0.1) is 0 Å². The second-order valence-electron chi connectivity index (χ2n) is 2.65. The average molecular weight is 235 g/mol. The van der Waals surface area contributed by atoms with E-state index in [1.807, 2.05) is 0 Å². The van der Waals surface area contributed by atoms with Gasteiger partial charge in [0.1, 0.15) is 6.29 Å². The fourth-order valence-corrected chi connectivity index (χ4v) is 1.43. The van der Waals surface area contributed by atoms with Gasteiger partial charge in [0.05, 0.1) is 0 Å². The lowest BCUT2D eigenvalue weighted by molar-refractivity contribution is 0.112. The van der Waals surface area contributed by atoms with E-state index in [9.17, 15) is 22.0 Å². The van der Waals surface area contributed by atoms with E-state index in [0.29, 0.717) is 6.29 Å². The molecule has 0 saturated carbocycles. The number of anilines is 1. The molecule has 0 heterocycles. The van der Waals surface area contributed by atoms with E-state index >= 15 is 0 Å². The molecule has 0 saturated heterocycles. The molecule has 0 aliphatic rings. The fourth-order valence-electron chi connectivity index (χ4n) is 0.884. The van der Waals surface area contributed by atoms with Crippen molar-refractivity contribution < 1.29 is 22.0 Å². The van der Waals surface area contributed by atoms with Crippen molar-refractivity contribution in [3.63, 3.8) is 0 Å². The van der Waals surface area contributed by atoms with Gasteiger partial charge in [0.25, 0.3) is 10.0 Å². The van der Waals surface area contributed by atoms with Crippen LogP contribution in [-0.4, -0.2) is 20.5 Å². The Labute approximate surface area is 85.0 Å². The highest BCUT2D eigenvalue weighted by atomic mass is 32.2. The number of halogens is 2. The van der Waals surface area contributed by atoms with Gasteiger partial charge in [-0.05, 0) is 12.1 Å². The van der Waals surface area contributed by atoms with Crippen molar-refractivity contribution in [2.24, 2.45) is 0 Å². The van der Waals surface area contributed by atoms with E-state index in [-0.39, 0.29) is 11.3 Å². The van der Waals surface area contributed by atoms with Crippen molar-refractivity contribution in [1.82, 2.24) is 0 Å². The summed E-state index contributed by atoms with van der Waals surface area (Å²) in [6.07, 6.45) is 0.486. The Hall–Kier alpha value is -1.50. The number of alkyl halides is 2. The Morgan fingerprint density at radius 1 is 1.33 bits per heavy atom. The molecule has 1 N–H and O–H groups in total. The summed E-state index contributed by atoms with van der Waals surface area (Å²) >= 11 is 0. The van der Waals surface area contributed by atoms with Crippen LogP contribution in [0.3, 0.4) is 0 Å². The number of hydrogen-bond donors (Lipinski definition) is 1. The number of rotatable bonds is 4. The van der Waals surface area contributed by atoms with Gasteiger partial charge < -0.3 is 0 Å². The van der Waals surface area contributed by atoms with Crippen LogP contribution in [0.4, 0.5) is 14.5 Å². The van der Waals surface area contributed by atoms with E-state index in [4.69, 9.17) is 0 Å². The van der Waals surface area contributed by atoms with E-state index in [1.165, 1.54) is 18.2 Å². The highest BCUT2D eigenvalue weighted by Gasteiger charge is 2.23. The molecule has 0 aliphatic heterocycles. The molecule has 7 heteroatoms. The third-order valence-corrected chi connectivity index (χ3v) is 2.51. The van der Waals surface area contributed by atoms with Crippen molar-refractivity contribution in [2.75, 3.05) is 4.72 Å². The summed E-state index contributed by atoms with van der Waals surface area (Å²) in [7, 11) is -4.68. The van der Waals surface area contributed by atoms with Crippen LogP contribution in [-0.2, 0) is 10.0 Å². The molecular weight excluding hydrogens is 228 g/mol. The first-order valence-electron chi connectivity index (χ1n) is 3.81. The molecule has 0 bridgehead atoms. The number of carbonyl (C=O) groups is 1. The highest BCUT2D eigenvalue weighted by molar-refractivity contribution is 7.93. The quantitative estimate of drug-likeness (QED) is 0.803. The van der Waals surface area contributed by atoms with Crippen LogP contribution in [0.2, 0.25) is 0 Å². The van der Waals surface area contributed by atoms with Crippen LogP contribution in [0.1, 0.15) is 10.4 Å². The third-order valence-electron chi connectivity index (χ3n) is 1.52. The molecule has 0 aromatic heterocycles. The van der Waals surface area contributed by atoms with Crippen LogP contribution < -0.4 is 4.72 Å². The minimum Gasteiger partial charge on any atom is -0.298 e. The second kappa shape index (κ2) is 4.35. The summed E-state index contributed by atoms with van der Waals surface area (Å²) in [5.41, 5.74) is 0.129. The van der Waals surface area contributed by atoms with Crippen LogP contribution in [0.15, 0.2) is 24.3 Å². The summed E-state index contributed by atoms with van der Waals surface area (Å²) in [6, 6.07) is 5.24. The van der Waals surface area contributed by atoms with E-state index in [0.717, 1.165) is 6.07 Å². The summed E-state index contributed by atoms with van der Waals surface area (Å²) < 4.78 is 47.1. The Morgan fingerprint density at radius 2 is 2.00 bits per heavy atom. The first-order chi connectivity index (χ1) is 6.95. The van der Waals surface area contributed by atoms with Gasteiger partial charge in [-0.1, -0.05) is 12.1 Å². The molecule has 0 aliphatic carbocycles.